The largest absolute Gasteiger partial charge is 0.552 e. The first-order chi connectivity index (χ1) is 10.3. The molecule has 0 aliphatic carbocycles. The van der Waals surface area contributed by atoms with Gasteiger partial charge in [-0.15, -0.1) is 0 Å². The van der Waals surface area contributed by atoms with E-state index in [9.17, 15) is 0 Å². The maximum Gasteiger partial charge on any atom is 0.552 e. The number of allylic oxidation sites excluding steroid dienone is 1. The van der Waals surface area contributed by atoms with E-state index < -0.39 is 0 Å². The SMILES string of the molecule is [CH2]C/C=C/CCOCOCCCCCCCCC.[I][Mg][I]. The van der Waals surface area contributed by atoms with Crippen LogP contribution in [0.1, 0.15) is 64.7 Å². The van der Waals surface area contributed by atoms with Crippen molar-refractivity contribution < 1.29 is 9.47 Å². The second-order valence-corrected chi connectivity index (χ2v) is 18.2. The lowest BCUT2D eigenvalue weighted by Gasteiger charge is -2.05. The molecular weight excluding hydrogens is 502 g/mol. The minimum Gasteiger partial charge on any atom is -0.355 e. The average Bonchev–Trinajstić information content (AvgIpc) is 2.48. The Hall–Kier alpha value is 1.89. The van der Waals surface area contributed by atoms with E-state index in [1.165, 1.54) is 38.5 Å². The van der Waals surface area contributed by atoms with E-state index in [-0.39, 0.29) is 0 Å². The number of ether oxygens (including phenoxy) is 2. The van der Waals surface area contributed by atoms with E-state index in [4.69, 9.17) is 9.47 Å². The molecule has 0 aromatic heterocycles. The summed E-state index contributed by atoms with van der Waals surface area (Å²) >= 11 is 5.18. The van der Waals surface area contributed by atoms with Crippen LogP contribution in [-0.4, -0.2) is 32.6 Å². The van der Waals surface area contributed by atoms with Crippen LogP contribution in [0.25, 0.3) is 0 Å². The molecule has 21 heavy (non-hydrogen) atoms. The molecular formula is C16H31I2MgO2. The van der Waals surface area contributed by atoms with Gasteiger partial charge in [0.25, 0.3) is 0 Å². The lowest BCUT2D eigenvalue weighted by atomic mass is 10.1. The van der Waals surface area contributed by atoms with Crippen LogP contribution in [0.15, 0.2) is 12.2 Å². The van der Waals surface area contributed by atoms with Crippen molar-refractivity contribution in [3.63, 3.8) is 0 Å². The molecule has 0 amide bonds. The predicted octanol–water partition coefficient (Wildman–Crippen LogP) is 6.29. The molecule has 0 unspecified atom stereocenters. The Balaban J connectivity index is 0. The van der Waals surface area contributed by atoms with Gasteiger partial charge in [-0.25, -0.2) is 0 Å². The molecule has 0 rings (SSSR count). The third-order valence-corrected chi connectivity index (χ3v) is 2.82. The number of halogens is 2. The van der Waals surface area contributed by atoms with E-state index in [0.29, 0.717) is 19.4 Å². The smallest absolute Gasteiger partial charge is 0.355 e. The minimum absolute atomic E-state index is 0.357. The van der Waals surface area contributed by atoms with Crippen LogP contribution in [0, 0.1) is 6.92 Å². The standard InChI is InChI=1S/C16H31O2.2HI.Mg/c1-3-5-7-9-10-11-13-15-18-16-17-14-12-8-6-4-2;;;/h6,8H,2-5,7,9-16H2,1H3;2*1H;/q;;;+2/p-2/b8-6+;;;. The fourth-order valence-electron chi connectivity index (χ4n) is 1.73. The highest BCUT2D eigenvalue weighted by Crippen LogP contribution is 2.06. The average molecular weight is 534 g/mol. The van der Waals surface area contributed by atoms with Gasteiger partial charge in [-0.05, 0) is 26.2 Å². The first-order valence-electron chi connectivity index (χ1n) is 8.05. The Morgan fingerprint density at radius 3 is 2.10 bits per heavy atom. The molecule has 0 saturated heterocycles. The summed E-state index contributed by atoms with van der Waals surface area (Å²) in [6, 6.07) is 0. The zero-order chi connectivity index (χ0) is 16.0. The van der Waals surface area contributed by atoms with Gasteiger partial charge in [-0.2, -0.15) is 0 Å². The lowest BCUT2D eigenvalue weighted by Crippen LogP contribution is -2.02. The molecule has 0 fully saturated rings. The van der Waals surface area contributed by atoms with Crippen LogP contribution in [0.3, 0.4) is 0 Å². The number of hydrogen-bond acceptors (Lipinski definition) is 2. The summed E-state index contributed by atoms with van der Waals surface area (Å²) in [5, 5.41) is 0. The Morgan fingerprint density at radius 2 is 1.48 bits per heavy atom. The molecule has 0 aromatic rings. The molecule has 0 saturated carbocycles. The molecule has 0 aliphatic rings. The normalized spacial score (nSPS) is 10.3. The molecule has 0 bridgehead atoms. The summed E-state index contributed by atoms with van der Waals surface area (Å²) in [6.07, 6.45) is 15.2. The van der Waals surface area contributed by atoms with Crippen molar-refractivity contribution in [1.29, 1.82) is 0 Å². The molecule has 0 heterocycles. The van der Waals surface area contributed by atoms with Crippen LogP contribution in [0.2, 0.25) is 0 Å². The summed E-state index contributed by atoms with van der Waals surface area (Å²) in [7, 11) is 0. The van der Waals surface area contributed by atoms with Crippen molar-refractivity contribution in [3.05, 3.63) is 19.1 Å². The molecule has 123 valence electrons. The van der Waals surface area contributed by atoms with Gasteiger partial charge in [-0.3, -0.25) is 37.7 Å². The van der Waals surface area contributed by atoms with Crippen molar-refractivity contribution in [3.8, 4) is 0 Å². The second kappa shape index (κ2) is 26.8. The first kappa shape index (κ1) is 25.1. The fourth-order valence-corrected chi connectivity index (χ4v) is 1.73. The Bertz CT molecular complexity index is 193. The monoisotopic (exact) mass is 533 g/mol. The minimum atomic E-state index is 0.357. The molecule has 0 aromatic carbocycles. The first-order valence-corrected chi connectivity index (χ1v) is 18.3. The van der Waals surface area contributed by atoms with Crippen LogP contribution < -0.4 is 0 Å². The van der Waals surface area contributed by atoms with Crippen LogP contribution in [-0.2, 0) is 9.47 Å². The van der Waals surface area contributed by atoms with Gasteiger partial charge in [0, 0.05) is 6.61 Å². The zero-order valence-corrected chi connectivity index (χ0v) is 19.4. The highest BCUT2D eigenvalue weighted by atomic mass is 127. The summed E-state index contributed by atoms with van der Waals surface area (Å²) in [6.45, 7) is 8.00. The van der Waals surface area contributed by atoms with Crippen LogP contribution in [0.5, 0.6) is 0 Å². The van der Waals surface area contributed by atoms with Gasteiger partial charge in [0.05, 0.1) is 6.61 Å². The third-order valence-electron chi connectivity index (χ3n) is 2.82. The van der Waals surface area contributed by atoms with Gasteiger partial charge in [0.1, 0.15) is 6.79 Å². The van der Waals surface area contributed by atoms with Gasteiger partial charge in [0.2, 0.25) is 0 Å². The summed E-state index contributed by atoms with van der Waals surface area (Å²) in [5.41, 5.74) is 0. The van der Waals surface area contributed by atoms with Gasteiger partial charge in [-0.1, -0.05) is 57.6 Å². The zero-order valence-electron chi connectivity index (χ0n) is 13.6. The number of unbranched alkanes of at least 4 members (excludes halogenated alkanes) is 6. The lowest BCUT2D eigenvalue weighted by molar-refractivity contribution is -0.0531. The van der Waals surface area contributed by atoms with Crippen LogP contribution in [0.4, 0.5) is 0 Å². The summed E-state index contributed by atoms with van der Waals surface area (Å²) < 4.78 is 10.8. The van der Waals surface area contributed by atoms with Gasteiger partial charge in [0.15, 0.2) is 0 Å². The Morgan fingerprint density at radius 1 is 0.905 bits per heavy atom. The summed E-state index contributed by atoms with van der Waals surface area (Å²) in [4.78, 5) is 0. The molecule has 0 N–H and O–H groups in total. The van der Waals surface area contributed by atoms with E-state index in [0.717, 1.165) is 32.5 Å². The van der Waals surface area contributed by atoms with Crippen molar-refractivity contribution >= 4 is 50.3 Å². The van der Waals surface area contributed by atoms with Gasteiger partial charge >= 0.3 is 12.6 Å². The molecule has 0 atom stereocenters. The van der Waals surface area contributed by atoms with Crippen molar-refractivity contribution in [2.24, 2.45) is 0 Å². The molecule has 0 aliphatic heterocycles. The second-order valence-electron chi connectivity index (χ2n) is 4.71. The number of rotatable bonds is 14. The topological polar surface area (TPSA) is 18.5 Å². The maximum atomic E-state index is 5.41. The number of hydrogen-bond donors (Lipinski definition) is 0. The Labute approximate surface area is 162 Å². The molecule has 0 spiro atoms. The van der Waals surface area contributed by atoms with Gasteiger partial charge < -0.3 is 9.47 Å². The van der Waals surface area contributed by atoms with E-state index in [1.54, 1.807) is 0 Å². The third kappa shape index (κ3) is 30.4. The van der Waals surface area contributed by atoms with E-state index in [1.807, 2.05) is 0 Å². The van der Waals surface area contributed by atoms with E-state index in [2.05, 4.69) is 63.7 Å². The molecule has 5 heteroatoms. The van der Waals surface area contributed by atoms with Crippen molar-refractivity contribution in [2.75, 3.05) is 20.0 Å². The quantitative estimate of drug-likeness (QED) is 0.0860. The Kier molecular flexibility index (Phi) is 32.0. The highest BCUT2D eigenvalue weighted by molar-refractivity contribution is 14.3. The van der Waals surface area contributed by atoms with E-state index >= 15 is 0 Å². The highest BCUT2D eigenvalue weighted by Gasteiger charge is 1.92. The van der Waals surface area contributed by atoms with Crippen molar-refractivity contribution in [2.45, 2.75) is 64.7 Å². The fraction of sp³-hybridized carbons (Fsp3) is 0.812. The predicted molar refractivity (Wildman–Crippen MR) is 112 cm³/mol. The van der Waals surface area contributed by atoms with Crippen molar-refractivity contribution in [1.82, 2.24) is 0 Å². The molecule has 2 nitrogen and oxygen atoms in total. The van der Waals surface area contributed by atoms with Crippen LogP contribution >= 0.6 is 37.7 Å². The molecule has 1 radical (unpaired) electrons. The maximum absolute atomic E-state index is 5.41. The summed E-state index contributed by atoms with van der Waals surface area (Å²) in [5.74, 6) is 0.